The van der Waals surface area contributed by atoms with Crippen LogP contribution in [0.15, 0.2) is 55.1 Å². The molecule has 2 N–H and O–H groups in total. The zero-order chi connectivity index (χ0) is 23.0. The quantitative estimate of drug-likeness (QED) is 0.384. The van der Waals surface area contributed by atoms with E-state index in [4.69, 9.17) is 58.0 Å². The Balaban J connectivity index is 1.51. The normalized spacial score (nSPS) is 18.7. The summed E-state index contributed by atoms with van der Waals surface area (Å²) in [7, 11) is 0. The van der Waals surface area contributed by atoms with E-state index in [-0.39, 0.29) is 10.6 Å². The lowest BCUT2D eigenvalue weighted by molar-refractivity contribution is -0.117. The molecule has 1 fully saturated rings. The Morgan fingerprint density at radius 2 is 1.53 bits per heavy atom. The molecule has 1 saturated carbocycles. The number of halogens is 5. The third-order valence-electron chi connectivity index (χ3n) is 4.88. The number of carbonyl (C=O) groups excluding carboxylic acids is 2. The minimum atomic E-state index is -1.32. The Kier molecular flexibility index (Phi) is 6.52. The van der Waals surface area contributed by atoms with E-state index in [0.717, 1.165) is 0 Å². The van der Waals surface area contributed by atoms with E-state index in [1.807, 2.05) is 0 Å². The average Bonchev–Trinajstić information content (AvgIpc) is 3.31. The van der Waals surface area contributed by atoms with E-state index >= 15 is 0 Å². The molecule has 0 bridgehead atoms. The highest BCUT2D eigenvalue weighted by atomic mass is 35.5. The van der Waals surface area contributed by atoms with Crippen LogP contribution in [-0.4, -0.2) is 26.1 Å². The van der Waals surface area contributed by atoms with E-state index in [1.165, 1.54) is 30.9 Å². The number of anilines is 2. The number of nitrogens with one attached hydrogen (secondary N) is 2. The van der Waals surface area contributed by atoms with Crippen LogP contribution in [0.2, 0.25) is 15.1 Å². The van der Waals surface area contributed by atoms with Crippen LogP contribution >= 0.6 is 58.0 Å². The van der Waals surface area contributed by atoms with Crippen molar-refractivity contribution in [1.29, 1.82) is 0 Å². The molecular formula is C21H13Cl5N4O2. The first-order valence-electron chi connectivity index (χ1n) is 9.17. The lowest BCUT2D eigenvalue weighted by Gasteiger charge is -2.10. The summed E-state index contributed by atoms with van der Waals surface area (Å²) in [5.74, 6) is -2.13. The molecule has 2 atom stereocenters. The number of benzene rings is 2. The number of rotatable bonds is 5. The van der Waals surface area contributed by atoms with Crippen molar-refractivity contribution in [2.45, 2.75) is 10.3 Å². The highest BCUT2D eigenvalue weighted by Crippen LogP contribution is 2.65. The first-order valence-corrected chi connectivity index (χ1v) is 11.1. The molecule has 1 heterocycles. The number of hydrogen-bond acceptors (Lipinski definition) is 4. The van der Waals surface area contributed by atoms with Crippen molar-refractivity contribution in [2.24, 2.45) is 5.92 Å². The van der Waals surface area contributed by atoms with Crippen LogP contribution in [0, 0.1) is 5.92 Å². The molecular weight excluding hydrogens is 518 g/mol. The fraction of sp³-hybridized carbons (Fsp3) is 0.143. The summed E-state index contributed by atoms with van der Waals surface area (Å²) in [4.78, 5) is 33.2. The van der Waals surface area contributed by atoms with Crippen molar-refractivity contribution in [3.8, 4) is 0 Å². The summed E-state index contributed by atoms with van der Waals surface area (Å²) in [5.41, 5.74) is 1.57. The van der Waals surface area contributed by atoms with Gasteiger partial charge < -0.3 is 10.6 Å². The molecule has 164 valence electrons. The third kappa shape index (κ3) is 4.80. The van der Waals surface area contributed by atoms with Gasteiger partial charge in [0.1, 0.15) is 10.7 Å². The molecule has 6 nitrogen and oxygen atoms in total. The van der Waals surface area contributed by atoms with Crippen LogP contribution < -0.4 is 10.6 Å². The number of amides is 2. The number of alkyl halides is 2. The summed E-state index contributed by atoms with van der Waals surface area (Å²) in [6, 6.07) is 9.45. The molecule has 3 aromatic rings. The Hall–Kier alpha value is -2.09. The predicted molar refractivity (Wildman–Crippen MR) is 127 cm³/mol. The SMILES string of the molecule is O=C(Nc1cncnc1)c1cc(NC(=O)[C@@H]2[C@@H](c3cc(Cl)cc(Cl)c3)C2(Cl)Cl)ccc1Cl. The van der Waals surface area contributed by atoms with Crippen LogP contribution in [0.5, 0.6) is 0 Å². The molecule has 2 amide bonds. The van der Waals surface area contributed by atoms with Crippen LogP contribution in [0.25, 0.3) is 0 Å². The topological polar surface area (TPSA) is 84.0 Å². The van der Waals surface area contributed by atoms with Gasteiger partial charge in [0.2, 0.25) is 5.91 Å². The average molecular weight is 531 g/mol. The second kappa shape index (κ2) is 9.04. The van der Waals surface area contributed by atoms with Crippen LogP contribution in [0.1, 0.15) is 21.8 Å². The molecule has 0 saturated heterocycles. The van der Waals surface area contributed by atoms with Crippen molar-refractivity contribution in [1.82, 2.24) is 9.97 Å². The van der Waals surface area contributed by atoms with E-state index in [1.54, 1.807) is 24.3 Å². The van der Waals surface area contributed by atoms with Gasteiger partial charge in [0.05, 0.1) is 34.6 Å². The van der Waals surface area contributed by atoms with Crippen molar-refractivity contribution >= 4 is 81.2 Å². The smallest absolute Gasteiger partial charge is 0.257 e. The Bertz CT molecular complexity index is 1190. The minimum absolute atomic E-state index is 0.158. The summed E-state index contributed by atoms with van der Waals surface area (Å²) < 4.78 is -1.32. The van der Waals surface area contributed by atoms with Gasteiger partial charge in [0.25, 0.3) is 5.91 Å². The number of nitrogens with zero attached hydrogens (tertiary/aromatic N) is 2. The molecule has 0 unspecified atom stereocenters. The van der Waals surface area contributed by atoms with Gasteiger partial charge in [-0.3, -0.25) is 9.59 Å². The van der Waals surface area contributed by atoms with E-state index < -0.39 is 28.0 Å². The van der Waals surface area contributed by atoms with Crippen LogP contribution in [0.3, 0.4) is 0 Å². The van der Waals surface area contributed by atoms with Gasteiger partial charge in [0.15, 0.2) is 0 Å². The highest BCUT2D eigenvalue weighted by Gasteiger charge is 2.67. The zero-order valence-corrected chi connectivity index (χ0v) is 19.7. The molecule has 1 aliphatic rings. The molecule has 0 spiro atoms. The fourth-order valence-corrected chi connectivity index (χ4v) is 4.96. The molecule has 11 heteroatoms. The summed E-state index contributed by atoms with van der Waals surface area (Å²) in [5, 5.41) is 6.42. The third-order valence-corrected chi connectivity index (χ3v) is 6.58. The van der Waals surface area contributed by atoms with Crippen molar-refractivity contribution in [3.63, 3.8) is 0 Å². The number of carbonyl (C=O) groups is 2. The lowest BCUT2D eigenvalue weighted by atomic mass is 10.1. The summed E-state index contributed by atoms with van der Waals surface area (Å²) in [6.07, 6.45) is 4.23. The predicted octanol–water partition coefficient (Wildman–Crippen LogP) is 6.22. The maximum absolute atomic E-state index is 12.9. The Morgan fingerprint density at radius 3 is 2.19 bits per heavy atom. The van der Waals surface area contributed by atoms with Crippen molar-refractivity contribution in [3.05, 3.63) is 81.3 Å². The molecule has 32 heavy (non-hydrogen) atoms. The second-order valence-corrected chi connectivity index (χ2v) is 9.82. The first-order chi connectivity index (χ1) is 15.2. The maximum atomic E-state index is 12.9. The molecule has 0 aliphatic heterocycles. The lowest BCUT2D eigenvalue weighted by Crippen LogP contribution is -2.18. The van der Waals surface area contributed by atoms with Crippen molar-refractivity contribution in [2.75, 3.05) is 10.6 Å². The van der Waals surface area contributed by atoms with Crippen LogP contribution in [-0.2, 0) is 4.79 Å². The largest absolute Gasteiger partial charge is 0.326 e. The number of aromatic nitrogens is 2. The molecule has 2 aromatic carbocycles. The van der Waals surface area contributed by atoms with Gasteiger partial charge in [-0.2, -0.15) is 0 Å². The fourth-order valence-electron chi connectivity index (χ4n) is 3.38. The van der Waals surface area contributed by atoms with Gasteiger partial charge in [-0.05, 0) is 42.0 Å². The molecule has 0 radical (unpaired) electrons. The van der Waals surface area contributed by atoms with Gasteiger partial charge in [-0.15, -0.1) is 23.2 Å². The summed E-state index contributed by atoms with van der Waals surface area (Å²) >= 11 is 31.1. The molecule has 1 aromatic heterocycles. The number of hydrogen-bond donors (Lipinski definition) is 2. The van der Waals surface area contributed by atoms with Gasteiger partial charge in [0, 0.05) is 21.7 Å². The Labute approximate surface area is 208 Å². The molecule has 4 rings (SSSR count). The Morgan fingerprint density at radius 1 is 0.875 bits per heavy atom. The highest BCUT2D eigenvalue weighted by molar-refractivity contribution is 6.53. The second-order valence-electron chi connectivity index (χ2n) is 7.10. The monoisotopic (exact) mass is 528 g/mol. The molecule has 1 aliphatic carbocycles. The van der Waals surface area contributed by atoms with E-state index in [0.29, 0.717) is 27.0 Å². The minimum Gasteiger partial charge on any atom is -0.326 e. The van der Waals surface area contributed by atoms with Gasteiger partial charge >= 0.3 is 0 Å². The first kappa shape index (κ1) is 23.1. The van der Waals surface area contributed by atoms with Crippen molar-refractivity contribution < 1.29 is 9.59 Å². The maximum Gasteiger partial charge on any atom is 0.257 e. The van der Waals surface area contributed by atoms with Gasteiger partial charge in [-0.1, -0.05) is 34.8 Å². The summed E-state index contributed by atoms with van der Waals surface area (Å²) in [6.45, 7) is 0. The van der Waals surface area contributed by atoms with E-state index in [9.17, 15) is 9.59 Å². The van der Waals surface area contributed by atoms with Gasteiger partial charge in [-0.25, -0.2) is 9.97 Å². The van der Waals surface area contributed by atoms with Crippen LogP contribution in [0.4, 0.5) is 11.4 Å². The standard InChI is InChI=1S/C21H13Cl5N4O2/c22-11-3-10(4-12(23)5-11)17-18(21(17,25)26)20(32)29-13-1-2-16(24)15(6-13)19(31)30-14-7-27-9-28-8-14/h1-9,17-18H,(H,29,32)(H,30,31)/t17-,18+/m1/s1. The van der Waals surface area contributed by atoms with E-state index in [2.05, 4.69) is 20.6 Å². The zero-order valence-electron chi connectivity index (χ0n) is 16.0.